The van der Waals surface area contributed by atoms with Crippen LogP contribution in [-0.2, 0) is 11.3 Å². The molecule has 0 saturated carbocycles. The highest BCUT2D eigenvalue weighted by atomic mass is 16.2. The van der Waals surface area contributed by atoms with E-state index in [0.29, 0.717) is 11.9 Å². The highest BCUT2D eigenvalue weighted by Gasteiger charge is 2.33. The van der Waals surface area contributed by atoms with Gasteiger partial charge in [0.05, 0.1) is 29.5 Å². The third-order valence-corrected chi connectivity index (χ3v) is 8.63. The van der Waals surface area contributed by atoms with Crippen LogP contribution in [0.4, 0.5) is 0 Å². The van der Waals surface area contributed by atoms with Gasteiger partial charge in [0, 0.05) is 38.8 Å². The molecular weight excluding hydrogens is 494 g/mol. The van der Waals surface area contributed by atoms with Crippen LogP contribution in [0.1, 0.15) is 55.7 Å². The van der Waals surface area contributed by atoms with E-state index in [-0.39, 0.29) is 12.0 Å². The van der Waals surface area contributed by atoms with E-state index in [4.69, 9.17) is 4.98 Å². The number of carbonyl (C=O) groups is 1. The number of likely N-dealkylation sites (tertiary alicyclic amines) is 1. The summed E-state index contributed by atoms with van der Waals surface area (Å²) in [6.07, 6.45) is 2.04. The second-order valence-corrected chi connectivity index (χ2v) is 11.6. The summed E-state index contributed by atoms with van der Waals surface area (Å²) in [5, 5.41) is 0. The zero-order valence-corrected chi connectivity index (χ0v) is 23.8. The monoisotopic (exact) mass is 535 g/mol. The second-order valence-electron chi connectivity index (χ2n) is 11.6. The molecule has 6 heteroatoms. The number of amides is 1. The molecule has 2 aliphatic heterocycles. The van der Waals surface area contributed by atoms with E-state index >= 15 is 0 Å². The predicted octanol–water partition coefficient (Wildman–Crippen LogP) is 5.76. The van der Waals surface area contributed by atoms with Crippen molar-refractivity contribution in [1.82, 2.24) is 24.3 Å². The van der Waals surface area contributed by atoms with Crippen LogP contribution >= 0.6 is 0 Å². The van der Waals surface area contributed by atoms with Gasteiger partial charge in [-0.05, 0) is 56.5 Å². The van der Waals surface area contributed by atoms with Gasteiger partial charge in [0.15, 0.2) is 0 Å². The molecule has 0 spiro atoms. The number of nitrogens with zero attached hydrogens (tertiary/aromatic N) is 5. The average Bonchev–Trinajstić information content (AvgIpc) is 3.37. The third kappa shape index (κ3) is 5.56. The number of piperazine rings is 1. The highest BCUT2D eigenvalue weighted by Crippen LogP contribution is 2.30. The summed E-state index contributed by atoms with van der Waals surface area (Å²) < 4.78 is 2.36. The van der Waals surface area contributed by atoms with Crippen molar-refractivity contribution in [3.05, 3.63) is 102 Å². The lowest BCUT2D eigenvalue weighted by Gasteiger charge is -2.42. The van der Waals surface area contributed by atoms with Gasteiger partial charge in [0.25, 0.3) is 0 Å². The van der Waals surface area contributed by atoms with Crippen molar-refractivity contribution in [3.8, 4) is 0 Å². The Morgan fingerprint density at radius 3 is 2.10 bits per heavy atom. The molecule has 1 aromatic heterocycles. The molecule has 6 nitrogen and oxygen atoms in total. The van der Waals surface area contributed by atoms with Crippen LogP contribution in [0.2, 0.25) is 0 Å². The number of piperidine rings is 1. The number of benzene rings is 3. The van der Waals surface area contributed by atoms with Gasteiger partial charge in [0.2, 0.25) is 5.91 Å². The van der Waals surface area contributed by atoms with E-state index in [1.165, 1.54) is 16.6 Å². The van der Waals surface area contributed by atoms with Gasteiger partial charge in [-0.1, -0.05) is 72.8 Å². The quantitative estimate of drug-likeness (QED) is 0.302. The summed E-state index contributed by atoms with van der Waals surface area (Å²) in [7, 11) is 0. The van der Waals surface area contributed by atoms with E-state index in [0.717, 1.165) is 70.0 Å². The van der Waals surface area contributed by atoms with Crippen LogP contribution in [-0.4, -0.2) is 69.4 Å². The van der Waals surface area contributed by atoms with Crippen LogP contribution in [0.25, 0.3) is 11.0 Å². The van der Waals surface area contributed by atoms with E-state index in [1.807, 2.05) is 0 Å². The van der Waals surface area contributed by atoms with Crippen molar-refractivity contribution in [3.63, 3.8) is 0 Å². The van der Waals surface area contributed by atoms with Gasteiger partial charge in [-0.2, -0.15) is 0 Å². The smallest absolute Gasteiger partial charge is 0.227 e. The number of para-hydroxylation sites is 2. The number of hydrogen-bond donors (Lipinski definition) is 0. The lowest BCUT2D eigenvalue weighted by molar-refractivity contribution is -0.139. The topological polar surface area (TPSA) is 44.6 Å². The Morgan fingerprint density at radius 2 is 1.45 bits per heavy atom. The van der Waals surface area contributed by atoms with Crippen LogP contribution in [0.15, 0.2) is 84.9 Å². The van der Waals surface area contributed by atoms with Gasteiger partial charge >= 0.3 is 0 Å². The first-order valence-electron chi connectivity index (χ1n) is 14.9. The molecule has 2 saturated heterocycles. The minimum absolute atomic E-state index is 0.0659. The summed E-state index contributed by atoms with van der Waals surface area (Å²) >= 11 is 0. The van der Waals surface area contributed by atoms with Gasteiger partial charge in [0.1, 0.15) is 5.82 Å². The number of imidazole rings is 1. The third-order valence-electron chi connectivity index (χ3n) is 8.63. The molecule has 0 N–H and O–H groups in total. The zero-order valence-electron chi connectivity index (χ0n) is 23.8. The number of aromatic nitrogens is 2. The van der Waals surface area contributed by atoms with Crippen molar-refractivity contribution in [2.75, 3.05) is 39.3 Å². The fraction of sp³-hybridized carbons (Fsp3) is 0.412. The highest BCUT2D eigenvalue weighted by molar-refractivity contribution is 5.79. The maximum Gasteiger partial charge on any atom is 0.227 e. The Labute approximate surface area is 238 Å². The second kappa shape index (κ2) is 11.9. The largest absolute Gasteiger partial charge is 0.340 e. The Morgan fingerprint density at radius 1 is 0.825 bits per heavy atom. The normalized spacial score (nSPS) is 19.1. The molecule has 0 bridgehead atoms. The first-order valence-corrected chi connectivity index (χ1v) is 14.9. The summed E-state index contributed by atoms with van der Waals surface area (Å²) in [6.45, 7) is 10.4. The van der Waals surface area contributed by atoms with Crippen molar-refractivity contribution < 1.29 is 4.79 Å². The molecular formula is C34H41N5O. The summed E-state index contributed by atoms with van der Waals surface area (Å²) in [5.41, 5.74) is 4.87. The molecule has 0 unspecified atom stereocenters. The van der Waals surface area contributed by atoms with Crippen molar-refractivity contribution in [1.29, 1.82) is 0 Å². The molecule has 0 radical (unpaired) electrons. The molecule has 1 atom stereocenters. The molecule has 40 heavy (non-hydrogen) atoms. The van der Waals surface area contributed by atoms with E-state index in [1.54, 1.807) is 0 Å². The molecule has 4 aromatic rings. The first kappa shape index (κ1) is 26.7. The Kier molecular flexibility index (Phi) is 7.98. The predicted molar refractivity (Wildman–Crippen MR) is 161 cm³/mol. The van der Waals surface area contributed by atoms with Gasteiger partial charge in [-0.3, -0.25) is 14.6 Å². The van der Waals surface area contributed by atoms with E-state index < -0.39 is 0 Å². The average molecular weight is 536 g/mol. The SMILES string of the molecule is CC(C)n1c(CN2CCC[C@H](C(=O)N3CCN(C(c4ccccc4)c4ccccc4)CC3)C2)nc2ccccc21. The maximum atomic E-state index is 13.7. The summed E-state index contributed by atoms with van der Waals surface area (Å²) in [5.74, 6) is 1.50. The summed E-state index contributed by atoms with van der Waals surface area (Å²) in [6, 6.07) is 30.5. The zero-order chi connectivity index (χ0) is 27.5. The van der Waals surface area contributed by atoms with Crippen molar-refractivity contribution in [2.45, 2.75) is 45.3 Å². The molecule has 2 fully saturated rings. The van der Waals surface area contributed by atoms with Crippen LogP contribution in [0, 0.1) is 5.92 Å². The molecule has 0 aliphatic carbocycles. The van der Waals surface area contributed by atoms with Gasteiger partial charge < -0.3 is 9.47 Å². The molecule has 2 aliphatic rings. The minimum atomic E-state index is 0.0659. The van der Waals surface area contributed by atoms with Crippen LogP contribution < -0.4 is 0 Å². The number of fused-ring (bicyclic) bond motifs is 1. The van der Waals surface area contributed by atoms with E-state index in [9.17, 15) is 4.79 Å². The minimum Gasteiger partial charge on any atom is -0.340 e. The fourth-order valence-corrected chi connectivity index (χ4v) is 6.73. The Hall–Kier alpha value is -3.48. The molecule has 3 heterocycles. The fourth-order valence-electron chi connectivity index (χ4n) is 6.73. The number of carbonyl (C=O) groups excluding carboxylic acids is 1. The standard InChI is InChI=1S/C34H41N5O/c1-26(2)39-31-18-10-9-17-30(31)35-32(39)25-36-19-11-16-29(24-36)34(40)38-22-20-37(21-23-38)33(27-12-5-3-6-13-27)28-14-7-4-8-15-28/h3-10,12-15,17-18,26,29,33H,11,16,19-25H2,1-2H3/t29-/m0/s1. The van der Waals surface area contributed by atoms with E-state index in [2.05, 4.69) is 118 Å². The van der Waals surface area contributed by atoms with Crippen LogP contribution in [0.3, 0.4) is 0 Å². The maximum absolute atomic E-state index is 13.7. The molecule has 6 rings (SSSR count). The number of rotatable bonds is 7. The number of hydrogen-bond acceptors (Lipinski definition) is 4. The lowest BCUT2D eigenvalue weighted by atomic mass is 9.95. The van der Waals surface area contributed by atoms with Crippen molar-refractivity contribution in [2.24, 2.45) is 5.92 Å². The Bertz CT molecular complexity index is 1370. The van der Waals surface area contributed by atoms with Crippen LogP contribution in [0.5, 0.6) is 0 Å². The summed E-state index contributed by atoms with van der Waals surface area (Å²) in [4.78, 5) is 25.8. The lowest BCUT2D eigenvalue weighted by Crippen LogP contribution is -2.53. The molecule has 3 aromatic carbocycles. The Balaban J connectivity index is 1.11. The molecule has 208 valence electrons. The molecule has 1 amide bonds. The van der Waals surface area contributed by atoms with Gasteiger partial charge in [-0.25, -0.2) is 4.98 Å². The van der Waals surface area contributed by atoms with Crippen molar-refractivity contribution >= 4 is 16.9 Å². The van der Waals surface area contributed by atoms with Gasteiger partial charge in [-0.15, -0.1) is 0 Å². The first-order chi connectivity index (χ1) is 19.6.